The number of thioether (sulfide) groups is 1. The predicted molar refractivity (Wildman–Crippen MR) is 64.5 cm³/mol. The van der Waals surface area contributed by atoms with Crippen molar-refractivity contribution in [3.63, 3.8) is 0 Å². The topological polar surface area (TPSA) is 12.9 Å². The molecule has 0 radical (unpaired) electrons. The van der Waals surface area contributed by atoms with Crippen molar-refractivity contribution >= 4 is 41.3 Å². The van der Waals surface area contributed by atoms with Gasteiger partial charge in [0.2, 0.25) is 0 Å². The minimum Gasteiger partial charge on any atom is -0.200 e. The zero-order valence-corrected chi connectivity index (χ0v) is 10.2. The third-order valence-corrected chi connectivity index (χ3v) is 5.36. The quantitative estimate of drug-likeness (QED) is 0.711. The summed E-state index contributed by atoms with van der Waals surface area (Å²) in [6, 6.07) is 0. The van der Waals surface area contributed by atoms with Gasteiger partial charge in [0.15, 0.2) is 0 Å². The zero-order valence-electron chi connectivity index (χ0n) is 7.55. The lowest BCUT2D eigenvalue weighted by Crippen LogP contribution is -1.68. The van der Waals surface area contributed by atoms with Crippen LogP contribution < -0.4 is 0 Å². The van der Waals surface area contributed by atoms with Gasteiger partial charge in [0.1, 0.15) is 0 Å². The molecular weight excluding hydrogens is 217 g/mol. The summed E-state index contributed by atoms with van der Waals surface area (Å²) < 4.78 is 5.57. The number of hydrogen-bond acceptors (Lipinski definition) is 3. The first-order valence-corrected chi connectivity index (χ1v) is 6.54. The molecule has 2 heterocycles. The maximum absolute atomic E-state index is 4.21. The Labute approximate surface area is 87.5 Å². The highest BCUT2D eigenvalue weighted by Gasteiger charge is 2.10. The molecule has 2 aromatic rings. The van der Waals surface area contributed by atoms with Crippen LogP contribution >= 0.6 is 31.5 Å². The van der Waals surface area contributed by atoms with E-state index in [4.69, 9.17) is 0 Å². The second kappa shape index (κ2) is 3.49. The van der Waals surface area contributed by atoms with E-state index in [2.05, 4.69) is 17.9 Å². The van der Waals surface area contributed by atoms with E-state index in [1.807, 2.05) is 13.1 Å². The Hall–Kier alpha value is -0.240. The minimum atomic E-state index is 0.823. The van der Waals surface area contributed by atoms with E-state index in [1.54, 1.807) is 23.3 Å². The first-order chi connectivity index (χ1) is 6.18. The van der Waals surface area contributed by atoms with Crippen LogP contribution in [-0.4, -0.2) is 4.37 Å². The molecule has 0 aliphatic heterocycles. The molecule has 1 atom stereocenters. The lowest BCUT2D eigenvalue weighted by atomic mass is 10.5. The van der Waals surface area contributed by atoms with Gasteiger partial charge in [-0.2, -0.15) is 4.37 Å². The van der Waals surface area contributed by atoms with Crippen LogP contribution in [0.5, 0.6) is 0 Å². The normalized spacial score (nSPS) is 11.5. The number of hydrogen-bond donors (Lipinski definition) is 0. The Morgan fingerprint density at radius 2 is 2.46 bits per heavy atom. The first-order valence-electron chi connectivity index (χ1n) is 3.95. The molecule has 0 aromatic carbocycles. The van der Waals surface area contributed by atoms with E-state index in [9.17, 15) is 0 Å². The van der Waals surface area contributed by atoms with Crippen molar-refractivity contribution < 1.29 is 0 Å². The summed E-state index contributed by atoms with van der Waals surface area (Å²) >= 11 is 3.38. The molecule has 0 amide bonds. The smallest absolute Gasteiger partial charge is 0.0732 e. The predicted octanol–water partition coefficient (Wildman–Crippen LogP) is 4.26. The van der Waals surface area contributed by atoms with Crippen LogP contribution in [0.1, 0.15) is 12.2 Å². The van der Waals surface area contributed by atoms with E-state index in [-0.39, 0.29) is 0 Å². The van der Waals surface area contributed by atoms with Crippen LogP contribution in [0.4, 0.5) is 0 Å². The summed E-state index contributed by atoms with van der Waals surface area (Å²) in [6.07, 6.45) is 1.99. The van der Waals surface area contributed by atoms with Gasteiger partial charge in [-0.1, -0.05) is 18.3 Å². The molecule has 68 valence electrons. The molecule has 0 aliphatic carbocycles. The second-order valence-corrected chi connectivity index (χ2v) is 6.60. The monoisotopic (exact) mass is 227 g/mol. The first kappa shape index (κ1) is 9.32. The average molecular weight is 227 g/mol. The van der Waals surface area contributed by atoms with Crippen LogP contribution in [0.3, 0.4) is 0 Å². The van der Waals surface area contributed by atoms with Crippen LogP contribution in [0.25, 0.3) is 9.82 Å². The highest BCUT2D eigenvalue weighted by molar-refractivity contribution is 8.03. The van der Waals surface area contributed by atoms with Gasteiger partial charge in [0.05, 0.1) is 10.9 Å². The Morgan fingerprint density at radius 3 is 3.15 bits per heavy atom. The fourth-order valence-corrected chi connectivity index (χ4v) is 4.69. The maximum atomic E-state index is 4.21. The summed E-state index contributed by atoms with van der Waals surface area (Å²) in [6.45, 7) is 8.18. The molecule has 1 unspecified atom stereocenters. The fraction of sp³-hybridized carbons (Fsp3) is 0.222. The fourth-order valence-electron chi connectivity index (χ4n) is 1.22. The molecule has 0 N–H and O–H groups in total. The van der Waals surface area contributed by atoms with Gasteiger partial charge in [-0.25, -0.2) is 0 Å². The molecule has 0 spiro atoms. The van der Waals surface area contributed by atoms with E-state index in [0.29, 0.717) is 0 Å². The number of nitrogens with zero attached hydrogens (tertiary/aromatic N) is 1. The second-order valence-electron chi connectivity index (χ2n) is 2.95. The van der Waals surface area contributed by atoms with Crippen LogP contribution in [0.2, 0.25) is 0 Å². The number of aromatic nitrogens is 1. The lowest BCUT2D eigenvalue weighted by molar-refractivity contribution is 1.48. The van der Waals surface area contributed by atoms with Crippen molar-refractivity contribution in [3.05, 3.63) is 23.0 Å². The number of fused-ring (bicyclic) bond motifs is 1. The van der Waals surface area contributed by atoms with Crippen molar-refractivity contribution in [2.75, 3.05) is 0 Å². The summed E-state index contributed by atoms with van der Waals surface area (Å²) in [5, 5.41) is 2.89. The number of aryl methyl sites for hydroxylation is 1. The summed E-state index contributed by atoms with van der Waals surface area (Å²) in [5.41, 5.74) is 0. The van der Waals surface area contributed by atoms with Crippen LogP contribution in [0, 0.1) is 6.92 Å². The summed E-state index contributed by atoms with van der Waals surface area (Å²) in [4.78, 5) is 2.55. The molecule has 0 saturated carbocycles. The summed E-state index contributed by atoms with van der Waals surface area (Å²) in [5.74, 6) is 0. The highest BCUT2D eigenvalue weighted by Crippen LogP contribution is 2.44. The Morgan fingerprint density at radius 1 is 1.69 bits per heavy atom. The van der Waals surface area contributed by atoms with E-state index in [1.165, 1.54) is 20.0 Å². The van der Waals surface area contributed by atoms with Gasteiger partial charge in [-0.3, -0.25) is 0 Å². The SMILES string of the molecule is C=C(C)Sc1c(C)[pH]c2cnsc12. The highest BCUT2D eigenvalue weighted by atomic mass is 32.2. The standard InChI is InChI=1S/C9H10NPS2/c1-5(2)12-8-6(3)11-7-4-10-13-9(7)8/h4,11H,1H2,2-3H3. The van der Waals surface area contributed by atoms with Crippen molar-refractivity contribution in [2.45, 2.75) is 18.7 Å². The Balaban J connectivity index is 2.57. The van der Waals surface area contributed by atoms with Crippen molar-refractivity contribution in [2.24, 2.45) is 0 Å². The van der Waals surface area contributed by atoms with Crippen molar-refractivity contribution in [1.82, 2.24) is 4.37 Å². The Kier molecular flexibility index (Phi) is 2.50. The Bertz CT molecular complexity index is 455. The van der Waals surface area contributed by atoms with Crippen LogP contribution in [-0.2, 0) is 0 Å². The van der Waals surface area contributed by atoms with E-state index < -0.39 is 0 Å². The molecule has 0 bridgehead atoms. The van der Waals surface area contributed by atoms with E-state index in [0.717, 1.165) is 13.1 Å². The molecule has 2 aromatic heterocycles. The zero-order chi connectivity index (χ0) is 9.42. The van der Waals surface area contributed by atoms with Crippen molar-refractivity contribution in [3.8, 4) is 0 Å². The molecule has 2 rings (SSSR count). The summed E-state index contributed by atoms with van der Waals surface area (Å²) in [7, 11) is 0.823. The molecule has 4 heteroatoms. The maximum Gasteiger partial charge on any atom is 0.0732 e. The van der Waals surface area contributed by atoms with Gasteiger partial charge >= 0.3 is 0 Å². The number of rotatable bonds is 2. The molecular formula is C9H10NPS2. The minimum absolute atomic E-state index is 0.823. The largest absolute Gasteiger partial charge is 0.200 e. The third-order valence-electron chi connectivity index (χ3n) is 1.72. The van der Waals surface area contributed by atoms with Crippen molar-refractivity contribution in [1.29, 1.82) is 0 Å². The van der Waals surface area contributed by atoms with Gasteiger partial charge in [0, 0.05) is 10.0 Å². The molecule has 13 heavy (non-hydrogen) atoms. The number of allylic oxidation sites excluding steroid dienone is 1. The van der Waals surface area contributed by atoms with Gasteiger partial charge < -0.3 is 0 Å². The average Bonchev–Trinajstić information content (AvgIpc) is 2.55. The third kappa shape index (κ3) is 1.69. The molecule has 0 aliphatic rings. The van der Waals surface area contributed by atoms with Gasteiger partial charge in [-0.15, -0.1) is 8.19 Å². The van der Waals surface area contributed by atoms with Gasteiger partial charge in [0.25, 0.3) is 0 Å². The molecule has 0 fully saturated rings. The molecule has 0 saturated heterocycles. The lowest BCUT2D eigenvalue weighted by Gasteiger charge is -1.97. The van der Waals surface area contributed by atoms with Gasteiger partial charge in [-0.05, 0) is 35.6 Å². The van der Waals surface area contributed by atoms with Crippen LogP contribution in [0.15, 0.2) is 22.6 Å². The van der Waals surface area contributed by atoms with E-state index >= 15 is 0 Å². The molecule has 1 nitrogen and oxygen atoms in total.